The highest BCUT2D eigenvalue weighted by atomic mass is 16.5. The van der Waals surface area contributed by atoms with Gasteiger partial charge in [-0.25, -0.2) is 4.68 Å². The summed E-state index contributed by atoms with van der Waals surface area (Å²) in [4.78, 5) is 28.3. The van der Waals surface area contributed by atoms with Gasteiger partial charge in [0.25, 0.3) is 5.91 Å². The predicted molar refractivity (Wildman–Crippen MR) is 90.2 cm³/mol. The van der Waals surface area contributed by atoms with Crippen molar-refractivity contribution < 1.29 is 14.3 Å². The van der Waals surface area contributed by atoms with E-state index in [1.165, 1.54) is 0 Å². The van der Waals surface area contributed by atoms with Gasteiger partial charge in [0, 0.05) is 25.7 Å². The van der Waals surface area contributed by atoms with Gasteiger partial charge in [-0.1, -0.05) is 12.1 Å². The van der Waals surface area contributed by atoms with Crippen molar-refractivity contribution in [2.24, 2.45) is 0 Å². The highest BCUT2D eigenvalue weighted by molar-refractivity contribution is 5.94. The molecule has 9 nitrogen and oxygen atoms in total. The number of amides is 2. The number of nitrogens with zero attached hydrogens (tertiary/aromatic N) is 6. The van der Waals surface area contributed by atoms with E-state index in [1.807, 2.05) is 24.3 Å². The zero-order chi connectivity index (χ0) is 18.1. The number of tetrazole rings is 1. The summed E-state index contributed by atoms with van der Waals surface area (Å²) in [5.41, 5.74) is 1.63. The number of hydrogen-bond donors (Lipinski definition) is 0. The van der Waals surface area contributed by atoms with E-state index in [-0.39, 0.29) is 24.0 Å². The topological polar surface area (TPSA) is 93.5 Å². The van der Waals surface area contributed by atoms with Crippen LogP contribution in [-0.4, -0.2) is 80.7 Å². The Kier molecular flexibility index (Phi) is 4.37. The SMILES string of the molecule is CN1C(=O)CCO[C@H]2CN(C(=O)c3ccc(Cn4cnnn4)cc3)C[C@@H]21. The fourth-order valence-electron chi connectivity index (χ4n) is 3.49. The molecule has 1 aromatic carbocycles. The summed E-state index contributed by atoms with van der Waals surface area (Å²) in [6.45, 7) is 1.97. The first-order chi connectivity index (χ1) is 12.6. The van der Waals surface area contributed by atoms with Crippen LogP contribution in [0.15, 0.2) is 30.6 Å². The van der Waals surface area contributed by atoms with Crippen molar-refractivity contribution in [1.29, 1.82) is 0 Å². The maximum absolute atomic E-state index is 12.8. The molecule has 1 aromatic heterocycles. The van der Waals surface area contributed by atoms with Gasteiger partial charge in [-0.2, -0.15) is 0 Å². The van der Waals surface area contributed by atoms with Crippen LogP contribution in [0.1, 0.15) is 22.3 Å². The molecule has 3 heterocycles. The zero-order valence-electron chi connectivity index (χ0n) is 14.5. The highest BCUT2D eigenvalue weighted by Gasteiger charge is 2.41. The summed E-state index contributed by atoms with van der Waals surface area (Å²) in [5, 5.41) is 11.0. The quantitative estimate of drug-likeness (QED) is 0.756. The minimum absolute atomic E-state index is 0.0449. The number of rotatable bonds is 3. The van der Waals surface area contributed by atoms with E-state index in [0.29, 0.717) is 38.2 Å². The maximum atomic E-state index is 12.8. The number of carbonyl (C=O) groups excluding carboxylic acids is 2. The molecule has 2 fully saturated rings. The summed E-state index contributed by atoms with van der Waals surface area (Å²) >= 11 is 0. The van der Waals surface area contributed by atoms with E-state index < -0.39 is 0 Å². The number of hydrogen-bond acceptors (Lipinski definition) is 6. The van der Waals surface area contributed by atoms with E-state index in [1.54, 1.807) is 27.9 Å². The lowest BCUT2D eigenvalue weighted by Gasteiger charge is -2.25. The van der Waals surface area contributed by atoms with Crippen LogP contribution in [0.3, 0.4) is 0 Å². The van der Waals surface area contributed by atoms with E-state index in [9.17, 15) is 9.59 Å². The molecule has 4 rings (SSSR count). The van der Waals surface area contributed by atoms with Crippen molar-refractivity contribution in [2.45, 2.75) is 25.1 Å². The first kappa shape index (κ1) is 16.6. The Labute approximate surface area is 150 Å². The lowest BCUT2D eigenvalue weighted by atomic mass is 10.1. The first-order valence-corrected chi connectivity index (χ1v) is 8.58. The van der Waals surface area contributed by atoms with Crippen LogP contribution >= 0.6 is 0 Å². The highest BCUT2D eigenvalue weighted by Crippen LogP contribution is 2.23. The fourth-order valence-corrected chi connectivity index (χ4v) is 3.49. The number of ether oxygens (including phenoxy) is 1. The van der Waals surface area contributed by atoms with Crippen molar-refractivity contribution in [1.82, 2.24) is 30.0 Å². The first-order valence-electron chi connectivity index (χ1n) is 8.58. The number of carbonyl (C=O) groups is 2. The molecule has 2 atom stereocenters. The van der Waals surface area contributed by atoms with Crippen molar-refractivity contribution in [3.63, 3.8) is 0 Å². The van der Waals surface area contributed by atoms with Crippen LogP contribution in [0.2, 0.25) is 0 Å². The largest absolute Gasteiger partial charge is 0.374 e. The van der Waals surface area contributed by atoms with E-state index >= 15 is 0 Å². The molecule has 0 unspecified atom stereocenters. The van der Waals surface area contributed by atoms with Crippen molar-refractivity contribution >= 4 is 11.8 Å². The molecule has 136 valence electrons. The smallest absolute Gasteiger partial charge is 0.254 e. The second-order valence-corrected chi connectivity index (χ2v) is 6.65. The van der Waals surface area contributed by atoms with Gasteiger partial charge in [-0.05, 0) is 28.1 Å². The van der Waals surface area contributed by atoms with Gasteiger partial charge in [-0.15, -0.1) is 5.10 Å². The molecule has 9 heteroatoms. The van der Waals surface area contributed by atoms with Crippen LogP contribution in [0, 0.1) is 0 Å². The third kappa shape index (κ3) is 3.17. The lowest BCUT2D eigenvalue weighted by molar-refractivity contribution is -0.131. The summed E-state index contributed by atoms with van der Waals surface area (Å²) in [5.74, 6) is 0.0234. The van der Waals surface area contributed by atoms with Gasteiger partial charge >= 0.3 is 0 Å². The maximum Gasteiger partial charge on any atom is 0.254 e. The normalized spacial score (nSPS) is 23.0. The number of fused-ring (bicyclic) bond motifs is 1. The van der Waals surface area contributed by atoms with Crippen LogP contribution in [-0.2, 0) is 16.1 Å². The minimum Gasteiger partial charge on any atom is -0.374 e. The van der Waals surface area contributed by atoms with Crippen molar-refractivity contribution in [3.8, 4) is 0 Å². The Morgan fingerprint density at radius 1 is 1.27 bits per heavy atom. The summed E-state index contributed by atoms with van der Waals surface area (Å²) in [7, 11) is 1.79. The third-order valence-corrected chi connectivity index (χ3v) is 5.00. The van der Waals surface area contributed by atoms with Crippen molar-refractivity contribution in [3.05, 3.63) is 41.7 Å². The monoisotopic (exact) mass is 356 g/mol. The Balaban J connectivity index is 1.44. The Morgan fingerprint density at radius 3 is 2.81 bits per heavy atom. The second-order valence-electron chi connectivity index (χ2n) is 6.65. The summed E-state index contributed by atoms with van der Waals surface area (Å²) < 4.78 is 7.40. The van der Waals surface area contributed by atoms with Gasteiger partial charge < -0.3 is 14.5 Å². The van der Waals surface area contributed by atoms with E-state index in [2.05, 4.69) is 15.5 Å². The van der Waals surface area contributed by atoms with E-state index in [0.717, 1.165) is 5.56 Å². The fraction of sp³-hybridized carbons (Fsp3) is 0.471. The molecular weight excluding hydrogens is 336 g/mol. The van der Waals surface area contributed by atoms with Crippen LogP contribution in [0.25, 0.3) is 0 Å². The Morgan fingerprint density at radius 2 is 2.08 bits per heavy atom. The Bertz CT molecular complexity index is 791. The molecule has 2 amide bonds. The molecular formula is C17H20N6O3. The van der Waals surface area contributed by atoms with Crippen LogP contribution in [0.5, 0.6) is 0 Å². The molecule has 2 aliphatic rings. The average molecular weight is 356 g/mol. The molecule has 0 spiro atoms. The Hall–Kier alpha value is -2.81. The van der Waals surface area contributed by atoms with Gasteiger partial charge in [0.15, 0.2) is 0 Å². The molecule has 0 aliphatic carbocycles. The molecule has 2 aliphatic heterocycles. The number of likely N-dealkylation sites (tertiary alicyclic amines) is 1. The van der Waals surface area contributed by atoms with Crippen LogP contribution < -0.4 is 0 Å². The van der Waals surface area contributed by atoms with Crippen LogP contribution in [0.4, 0.5) is 0 Å². The van der Waals surface area contributed by atoms with Gasteiger partial charge in [0.2, 0.25) is 5.91 Å². The molecule has 0 saturated carbocycles. The molecule has 0 radical (unpaired) electrons. The zero-order valence-corrected chi connectivity index (χ0v) is 14.5. The second kappa shape index (κ2) is 6.83. The molecule has 2 saturated heterocycles. The lowest BCUT2D eigenvalue weighted by Crippen LogP contribution is -2.43. The molecule has 2 aromatic rings. The third-order valence-electron chi connectivity index (χ3n) is 5.00. The number of benzene rings is 1. The van der Waals surface area contributed by atoms with Crippen molar-refractivity contribution in [2.75, 3.05) is 26.7 Å². The number of likely N-dealkylation sites (N-methyl/N-ethyl adjacent to an activating group) is 1. The predicted octanol–water partition coefficient (Wildman–Crippen LogP) is -0.207. The summed E-state index contributed by atoms with van der Waals surface area (Å²) in [6, 6.07) is 7.34. The molecule has 0 bridgehead atoms. The van der Waals surface area contributed by atoms with Gasteiger partial charge in [0.05, 0.1) is 31.7 Å². The summed E-state index contributed by atoms with van der Waals surface area (Å²) in [6.07, 6.45) is 1.83. The van der Waals surface area contributed by atoms with Gasteiger partial charge in [-0.3, -0.25) is 9.59 Å². The standard InChI is InChI=1S/C17H20N6O3/c1-21-14-9-22(10-15(14)26-7-6-16(21)24)17(25)13-4-2-12(3-5-13)8-23-11-18-19-20-23/h2-5,11,14-15H,6-10H2,1H3/t14-,15-/m0/s1. The van der Waals surface area contributed by atoms with Gasteiger partial charge in [0.1, 0.15) is 6.33 Å². The average Bonchev–Trinajstić information content (AvgIpc) is 3.28. The number of aromatic nitrogens is 4. The molecule has 26 heavy (non-hydrogen) atoms. The molecule has 0 N–H and O–H groups in total. The van der Waals surface area contributed by atoms with E-state index in [4.69, 9.17) is 4.74 Å². The minimum atomic E-state index is -0.116.